The zero-order valence-corrected chi connectivity index (χ0v) is 14.3. The number of hydrogen-bond acceptors (Lipinski definition) is 5. The second-order valence-electron chi connectivity index (χ2n) is 6.48. The third kappa shape index (κ3) is 4.29. The zero-order chi connectivity index (χ0) is 16.9. The Hall–Kier alpha value is -2.57. The summed E-state index contributed by atoms with van der Waals surface area (Å²) in [6.45, 7) is 4.42. The molecule has 0 atom stereocenters. The van der Waals surface area contributed by atoms with E-state index in [1.165, 1.54) is 12.8 Å². The second-order valence-corrected chi connectivity index (χ2v) is 6.48. The molecule has 0 spiro atoms. The first kappa shape index (κ1) is 15.9. The van der Waals surface area contributed by atoms with E-state index < -0.39 is 0 Å². The molecule has 7 nitrogen and oxygen atoms in total. The minimum atomic E-state index is 0.595. The van der Waals surface area contributed by atoms with E-state index in [-0.39, 0.29) is 0 Å². The Kier molecular flexibility index (Phi) is 4.81. The van der Waals surface area contributed by atoms with Gasteiger partial charge in [-0.15, -0.1) is 0 Å². The monoisotopic (exact) mass is 340 g/mol. The minimum Gasteiger partial charge on any atom is -0.469 e. The molecule has 0 amide bonds. The van der Waals surface area contributed by atoms with Crippen molar-refractivity contribution >= 4 is 11.9 Å². The summed E-state index contributed by atoms with van der Waals surface area (Å²) in [5.74, 6) is 2.83. The van der Waals surface area contributed by atoms with Crippen LogP contribution in [0, 0.1) is 0 Å². The topological polar surface area (TPSA) is 69.8 Å². The molecule has 4 rings (SSSR count). The highest BCUT2D eigenvalue weighted by Crippen LogP contribution is 2.19. The maximum Gasteiger partial charge on any atom is 0.225 e. The van der Waals surface area contributed by atoms with E-state index in [2.05, 4.69) is 25.1 Å². The number of nitrogens with zero attached hydrogens (tertiary/aromatic N) is 5. The Morgan fingerprint density at radius 2 is 1.96 bits per heavy atom. The van der Waals surface area contributed by atoms with Crippen LogP contribution in [0.25, 0.3) is 0 Å². The first-order chi connectivity index (χ1) is 12.4. The number of hydrogen-bond donors (Lipinski definition) is 1. The van der Waals surface area contributed by atoms with Crippen molar-refractivity contribution in [3.8, 4) is 0 Å². The van der Waals surface area contributed by atoms with Crippen molar-refractivity contribution in [1.29, 1.82) is 0 Å². The van der Waals surface area contributed by atoms with Gasteiger partial charge >= 0.3 is 0 Å². The molecule has 25 heavy (non-hydrogen) atoms. The van der Waals surface area contributed by atoms with Gasteiger partial charge in [-0.1, -0.05) is 0 Å². The van der Waals surface area contributed by atoms with Gasteiger partial charge in [-0.05, 0) is 31.0 Å². The molecule has 0 radical (unpaired) electrons. The summed E-state index contributed by atoms with van der Waals surface area (Å²) in [5.41, 5.74) is 0. The van der Waals surface area contributed by atoms with E-state index in [0.29, 0.717) is 6.04 Å². The zero-order valence-electron chi connectivity index (χ0n) is 14.3. The smallest absolute Gasteiger partial charge is 0.225 e. The van der Waals surface area contributed by atoms with Gasteiger partial charge in [-0.25, -0.2) is 9.97 Å². The number of nitrogens with one attached hydrogen (secondary N) is 1. The summed E-state index contributed by atoms with van der Waals surface area (Å²) in [7, 11) is 0. The van der Waals surface area contributed by atoms with E-state index in [4.69, 9.17) is 9.41 Å². The fraction of sp³-hybridized carbons (Fsp3) is 0.500. The van der Waals surface area contributed by atoms with Gasteiger partial charge in [-0.2, -0.15) is 0 Å². The average Bonchev–Trinajstić information content (AvgIpc) is 3.34. The SMILES string of the molecule is c1cnc(N2CCN(C(=NCCc3ccco3)NC3CC3)CC2)nc1. The lowest BCUT2D eigenvalue weighted by Gasteiger charge is -2.36. The lowest BCUT2D eigenvalue weighted by Crippen LogP contribution is -2.53. The highest BCUT2D eigenvalue weighted by molar-refractivity contribution is 5.81. The van der Waals surface area contributed by atoms with Crippen molar-refractivity contribution in [3.63, 3.8) is 0 Å². The number of rotatable bonds is 5. The number of guanidine groups is 1. The molecule has 1 aliphatic heterocycles. The molecule has 2 aromatic heterocycles. The molecular formula is C18H24N6O. The molecule has 1 N–H and O–H groups in total. The standard InChI is InChI=1S/C18H24N6O/c1-3-16(25-14-1)6-9-21-18(22-15-4-5-15)24-12-10-23(11-13-24)17-19-7-2-8-20-17/h1-3,7-8,14-15H,4-6,9-13H2,(H,21,22). The van der Waals surface area contributed by atoms with Crippen LogP contribution in [0.5, 0.6) is 0 Å². The molecule has 1 saturated carbocycles. The van der Waals surface area contributed by atoms with Crippen molar-refractivity contribution in [2.24, 2.45) is 4.99 Å². The van der Waals surface area contributed by atoms with Crippen molar-refractivity contribution < 1.29 is 4.42 Å². The molecule has 2 aliphatic rings. The van der Waals surface area contributed by atoms with E-state index in [1.54, 1.807) is 18.7 Å². The van der Waals surface area contributed by atoms with E-state index in [9.17, 15) is 0 Å². The lowest BCUT2D eigenvalue weighted by molar-refractivity contribution is 0.368. The van der Waals surface area contributed by atoms with Gasteiger partial charge in [0.05, 0.1) is 6.26 Å². The van der Waals surface area contributed by atoms with Crippen LogP contribution < -0.4 is 10.2 Å². The summed E-state index contributed by atoms with van der Waals surface area (Å²) in [6, 6.07) is 6.37. The van der Waals surface area contributed by atoms with Gasteiger partial charge in [0.15, 0.2) is 5.96 Å². The maximum atomic E-state index is 5.39. The molecule has 0 bridgehead atoms. The van der Waals surface area contributed by atoms with Crippen LogP contribution >= 0.6 is 0 Å². The molecule has 1 saturated heterocycles. The number of aromatic nitrogens is 2. The number of anilines is 1. The maximum absolute atomic E-state index is 5.39. The molecule has 3 heterocycles. The molecule has 2 aromatic rings. The molecule has 132 valence electrons. The highest BCUT2D eigenvalue weighted by Gasteiger charge is 2.27. The molecule has 0 unspecified atom stereocenters. The Bertz CT molecular complexity index is 675. The minimum absolute atomic E-state index is 0.595. The predicted octanol–water partition coefficient (Wildman–Crippen LogP) is 1.54. The summed E-state index contributed by atoms with van der Waals surface area (Å²) in [4.78, 5) is 18.1. The Balaban J connectivity index is 1.35. The Morgan fingerprint density at radius 3 is 2.64 bits per heavy atom. The van der Waals surface area contributed by atoms with Crippen LogP contribution in [-0.4, -0.2) is 59.6 Å². The molecule has 2 fully saturated rings. The largest absolute Gasteiger partial charge is 0.469 e. The van der Waals surface area contributed by atoms with E-state index in [0.717, 1.165) is 56.8 Å². The predicted molar refractivity (Wildman–Crippen MR) is 96.7 cm³/mol. The number of piperazine rings is 1. The summed E-state index contributed by atoms with van der Waals surface area (Å²) < 4.78 is 5.39. The van der Waals surface area contributed by atoms with Gasteiger partial charge in [0, 0.05) is 57.6 Å². The highest BCUT2D eigenvalue weighted by atomic mass is 16.3. The van der Waals surface area contributed by atoms with Gasteiger partial charge in [0.2, 0.25) is 5.95 Å². The van der Waals surface area contributed by atoms with E-state index >= 15 is 0 Å². The Labute approximate surface area is 147 Å². The van der Waals surface area contributed by atoms with Gasteiger partial charge in [0.1, 0.15) is 5.76 Å². The average molecular weight is 340 g/mol. The van der Waals surface area contributed by atoms with Crippen LogP contribution in [0.3, 0.4) is 0 Å². The lowest BCUT2D eigenvalue weighted by atomic mass is 10.3. The fourth-order valence-corrected chi connectivity index (χ4v) is 2.95. The normalized spacial score (nSPS) is 18.5. The molecule has 7 heteroatoms. The van der Waals surface area contributed by atoms with Crippen LogP contribution in [0.4, 0.5) is 5.95 Å². The summed E-state index contributed by atoms with van der Waals surface area (Å²) >= 11 is 0. The third-order valence-electron chi connectivity index (χ3n) is 4.52. The number of furan rings is 1. The number of aliphatic imine (C=N–C) groups is 1. The molecule has 1 aliphatic carbocycles. The summed E-state index contributed by atoms with van der Waals surface area (Å²) in [6.07, 6.45) is 8.63. The van der Waals surface area contributed by atoms with Crippen molar-refractivity contribution in [2.75, 3.05) is 37.6 Å². The molecular weight excluding hydrogens is 316 g/mol. The Morgan fingerprint density at radius 1 is 1.16 bits per heavy atom. The van der Waals surface area contributed by atoms with Crippen LogP contribution in [0.1, 0.15) is 18.6 Å². The van der Waals surface area contributed by atoms with Gasteiger partial charge < -0.3 is 19.5 Å². The third-order valence-corrected chi connectivity index (χ3v) is 4.52. The fourth-order valence-electron chi connectivity index (χ4n) is 2.95. The first-order valence-corrected chi connectivity index (χ1v) is 8.99. The van der Waals surface area contributed by atoms with Crippen LogP contribution in [0.15, 0.2) is 46.3 Å². The van der Waals surface area contributed by atoms with Crippen molar-refractivity contribution in [3.05, 3.63) is 42.6 Å². The summed E-state index contributed by atoms with van der Waals surface area (Å²) in [5, 5.41) is 3.59. The van der Waals surface area contributed by atoms with E-state index in [1.807, 2.05) is 18.2 Å². The quantitative estimate of drug-likeness (QED) is 0.658. The van der Waals surface area contributed by atoms with Crippen molar-refractivity contribution in [1.82, 2.24) is 20.2 Å². The second kappa shape index (κ2) is 7.55. The molecule has 0 aromatic carbocycles. The van der Waals surface area contributed by atoms with Gasteiger partial charge in [-0.3, -0.25) is 4.99 Å². The van der Waals surface area contributed by atoms with Gasteiger partial charge in [0.25, 0.3) is 0 Å². The van der Waals surface area contributed by atoms with Crippen LogP contribution in [0.2, 0.25) is 0 Å². The van der Waals surface area contributed by atoms with Crippen molar-refractivity contribution in [2.45, 2.75) is 25.3 Å². The first-order valence-electron chi connectivity index (χ1n) is 8.99. The van der Waals surface area contributed by atoms with Crippen LogP contribution in [-0.2, 0) is 6.42 Å².